The third-order valence-electron chi connectivity index (χ3n) is 3.30. The maximum absolute atomic E-state index is 11.2. The number of thiophene rings is 1. The summed E-state index contributed by atoms with van der Waals surface area (Å²) in [5.74, 6) is 0.752. The van der Waals surface area contributed by atoms with Crippen LogP contribution in [0.1, 0.15) is 40.1 Å². The van der Waals surface area contributed by atoms with Gasteiger partial charge in [-0.25, -0.2) is 0 Å². The van der Waals surface area contributed by atoms with Gasteiger partial charge in [0.1, 0.15) is 16.4 Å². The molecule has 0 aromatic carbocycles. The van der Waals surface area contributed by atoms with E-state index in [1.165, 1.54) is 0 Å². The largest absolute Gasteiger partial charge is 0.484 e. The molecule has 2 atom stereocenters. The average molecular weight is 341 g/mol. The molecule has 0 fully saturated rings. The van der Waals surface area contributed by atoms with E-state index in [0.717, 1.165) is 11.3 Å². The third kappa shape index (κ3) is 3.42. The van der Waals surface area contributed by atoms with E-state index >= 15 is 0 Å². The van der Waals surface area contributed by atoms with Crippen molar-refractivity contribution in [2.75, 3.05) is 6.61 Å². The highest BCUT2D eigenvalue weighted by molar-refractivity contribution is 7.16. The summed E-state index contributed by atoms with van der Waals surface area (Å²) < 4.78 is 17.9. The summed E-state index contributed by atoms with van der Waals surface area (Å²) in [5, 5.41) is 0. The number of hydrogen-bond acceptors (Lipinski definition) is 6. The first-order valence-electron chi connectivity index (χ1n) is 7.11. The van der Waals surface area contributed by atoms with Crippen molar-refractivity contribution in [2.24, 2.45) is 5.41 Å². The van der Waals surface area contributed by atoms with E-state index < -0.39 is 9.04 Å². The molecule has 22 heavy (non-hydrogen) atoms. The summed E-state index contributed by atoms with van der Waals surface area (Å²) in [6, 6.07) is 0. The summed E-state index contributed by atoms with van der Waals surface area (Å²) in [5.41, 5.74) is -0.127. The van der Waals surface area contributed by atoms with Gasteiger partial charge in [0.15, 0.2) is 30.2 Å². The lowest BCUT2D eigenvalue weighted by molar-refractivity contribution is -0.0472. The topological polar surface area (TPSA) is 61.8 Å². The van der Waals surface area contributed by atoms with Gasteiger partial charge in [0.2, 0.25) is 9.04 Å². The summed E-state index contributed by atoms with van der Waals surface area (Å²) in [4.78, 5) is 23.0. The first kappa shape index (κ1) is 17.2. The van der Waals surface area contributed by atoms with Gasteiger partial charge in [-0.2, -0.15) is 0 Å². The number of carbonyl (C=O) groups is 2. The molecule has 1 aliphatic rings. The van der Waals surface area contributed by atoms with Crippen molar-refractivity contribution in [3.63, 3.8) is 0 Å². The SMILES string of the molecule is C[Si](C)OC(C1COc2c(C=O)sc(C=O)c2O1)C(C)(C)C. The smallest absolute Gasteiger partial charge is 0.205 e. The minimum atomic E-state index is -0.914. The molecular weight excluding hydrogens is 320 g/mol. The van der Waals surface area contributed by atoms with E-state index in [1.807, 2.05) is 0 Å². The third-order valence-corrected chi connectivity index (χ3v) is 5.03. The van der Waals surface area contributed by atoms with Gasteiger partial charge in [0.05, 0.1) is 6.10 Å². The number of ether oxygens (including phenoxy) is 2. The Morgan fingerprint density at radius 1 is 1.23 bits per heavy atom. The fourth-order valence-corrected chi connectivity index (χ4v) is 4.23. The summed E-state index contributed by atoms with van der Waals surface area (Å²) in [7, 11) is -0.914. The number of hydrogen-bond donors (Lipinski definition) is 0. The van der Waals surface area contributed by atoms with Gasteiger partial charge >= 0.3 is 0 Å². The lowest BCUT2D eigenvalue weighted by Crippen LogP contribution is -2.49. The minimum Gasteiger partial charge on any atom is -0.484 e. The maximum Gasteiger partial charge on any atom is 0.205 e. The highest BCUT2D eigenvalue weighted by Crippen LogP contribution is 2.44. The van der Waals surface area contributed by atoms with Crippen molar-refractivity contribution in [2.45, 2.75) is 46.1 Å². The van der Waals surface area contributed by atoms with Gasteiger partial charge in [0.25, 0.3) is 0 Å². The monoisotopic (exact) mass is 341 g/mol. The highest BCUT2D eigenvalue weighted by Gasteiger charge is 2.40. The second kappa shape index (κ2) is 6.52. The zero-order valence-electron chi connectivity index (χ0n) is 13.5. The summed E-state index contributed by atoms with van der Waals surface area (Å²) >= 11 is 1.09. The standard InChI is InChI=1S/C15H21O5SSi/c1-15(2,3)14(20-22(4)5)9-8-18-12-10(6-16)21-11(7-17)13(12)19-9/h6-7,9,14H,8H2,1-5H3. The molecule has 5 nitrogen and oxygen atoms in total. The Hall–Kier alpha value is -1.18. The Morgan fingerprint density at radius 2 is 1.82 bits per heavy atom. The Bertz CT molecular complexity index is 561. The van der Waals surface area contributed by atoms with Crippen LogP contribution in [0.4, 0.5) is 0 Å². The van der Waals surface area contributed by atoms with E-state index in [-0.39, 0.29) is 17.6 Å². The van der Waals surface area contributed by atoms with Crippen LogP contribution < -0.4 is 9.47 Å². The molecule has 0 bridgehead atoms. The molecule has 1 aromatic rings. The quantitative estimate of drug-likeness (QED) is 0.608. The lowest BCUT2D eigenvalue weighted by Gasteiger charge is -2.39. The second-order valence-electron chi connectivity index (χ2n) is 6.50. The average Bonchev–Trinajstić information content (AvgIpc) is 2.80. The number of rotatable bonds is 5. The molecule has 7 heteroatoms. The number of fused-ring (bicyclic) bond motifs is 1. The maximum atomic E-state index is 11.2. The summed E-state index contributed by atoms with van der Waals surface area (Å²) in [6.45, 7) is 10.7. The van der Waals surface area contributed by atoms with Crippen LogP contribution in [-0.2, 0) is 4.43 Å². The van der Waals surface area contributed by atoms with Crippen LogP contribution in [0, 0.1) is 5.41 Å². The highest BCUT2D eigenvalue weighted by atomic mass is 32.1. The lowest BCUT2D eigenvalue weighted by atomic mass is 9.86. The molecule has 0 saturated heterocycles. The molecule has 0 saturated carbocycles. The van der Waals surface area contributed by atoms with Crippen molar-refractivity contribution in [1.82, 2.24) is 0 Å². The predicted octanol–water partition coefficient (Wildman–Crippen LogP) is 3.20. The molecule has 0 spiro atoms. The van der Waals surface area contributed by atoms with Gasteiger partial charge in [-0.1, -0.05) is 20.8 Å². The first-order valence-corrected chi connectivity index (χ1v) is 10.3. The number of aldehydes is 2. The molecule has 2 unspecified atom stereocenters. The fraction of sp³-hybridized carbons (Fsp3) is 0.600. The fourth-order valence-electron chi connectivity index (χ4n) is 2.40. The van der Waals surface area contributed by atoms with Crippen molar-refractivity contribution in [1.29, 1.82) is 0 Å². The zero-order chi connectivity index (χ0) is 16.5. The van der Waals surface area contributed by atoms with Gasteiger partial charge in [-0.3, -0.25) is 9.59 Å². The molecule has 121 valence electrons. The van der Waals surface area contributed by atoms with Crippen LogP contribution in [0.25, 0.3) is 0 Å². The molecule has 1 aromatic heterocycles. The van der Waals surface area contributed by atoms with Gasteiger partial charge in [-0.15, -0.1) is 11.3 Å². The van der Waals surface area contributed by atoms with Crippen LogP contribution in [0.15, 0.2) is 0 Å². The van der Waals surface area contributed by atoms with Crippen LogP contribution >= 0.6 is 11.3 Å². The molecule has 0 N–H and O–H groups in total. The Kier molecular flexibility index (Phi) is 5.09. The van der Waals surface area contributed by atoms with Crippen molar-refractivity contribution < 1.29 is 23.5 Å². The molecule has 1 radical (unpaired) electrons. The van der Waals surface area contributed by atoms with Crippen LogP contribution in [-0.4, -0.2) is 40.4 Å². The van der Waals surface area contributed by atoms with Crippen LogP contribution in [0.3, 0.4) is 0 Å². The van der Waals surface area contributed by atoms with E-state index in [2.05, 4.69) is 33.9 Å². The van der Waals surface area contributed by atoms with E-state index in [1.54, 1.807) is 0 Å². The molecule has 2 heterocycles. The van der Waals surface area contributed by atoms with E-state index in [4.69, 9.17) is 13.9 Å². The molecule has 2 rings (SSSR count). The Labute approximate surface area is 136 Å². The molecule has 0 aliphatic carbocycles. The molecular formula is C15H21O5SSi. The van der Waals surface area contributed by atoms with Crippen molar-refractivity contribution in [3.8, 4) is 11.5 Å². The van der Waals surface area contributed by atoms with Gasteiger partial charge in [-0.05, 0) is 18.5 Å². The number of carbonyl (C=O) groups excluding carboxylic acids is 2. The summed E-state index contributed by atoms with van der Waals surface area (Å²) in [6.07, 6.45) is 0.935. The van der Waals surface area contributed by atoms with Gasteiger partial charge in [0, 0.05) is 0 Å². The van der Waals surface area contributed by atoms with Crippen LogP contribution in [0.2, 0.25) is 13.1 Å². The van der Waals surface area contributed by atoms with E-state index in [9.17, 15) is 9.59 Å². The van der Waals surface area contributed by atoms with E-state index in [0.29, 0.717) is 40.4 Å². The first-order chi connectivity index (χ1) is 10.3. The normalized spacial score (nSPS) is 19.1. The zero-order valence-corrected chi connectivity index (χ0v) is 15.3. The Morgan fingerprint density at radius 3 is 2.32 bits per heavy atom. The molecule has 0 amide bonds. The molecule has 1 aliphatic heterocycles. The van der Waals surface area contributed by atoms with Gasteiger partial charge < -0.3 is 13.9 Å². The Balaban J connectivity index is 2.31. The van der Waals surface area contributed by atoms with Crippen molar-refractivity contribution in [3.05, 3.63) is 9.75 Å². The van der Waals surface area contributed by atoms with Crippen molar-refractivity contribution >= 4 is 32.9 Å². The van der Waals surface area contributed by atoms with Crippen LogP contribution in [0.5, 0.6) is 11.5 Å². The predicted molar refractivity (Wildman–Crippen MR) is 86.8 cm³/mol. The minimum absolute atomic E-state index is 0.127. The second-order valence-corrected chi connectivity index (χ2v) is 9.64.